The van der Waals surface area contributed by atoms with Gasteiger partial charge in [0.25, 0.3) is 0 Å². The lowest BCUT2D eigenvalue weighted by Gasteiger charge is -2.35. The van der Waals surface area contributed by atoms with Crippen molar-refractivity contribution in [2.75, 3.05) is 25.1 Å². The summed E-state index contributed by atoms with van der Waals surface area (Å²) in [5.41, 5.74) is 2.69. The number of aromatic nitrogens is 2. The molecule has 0 bridgehead atoms. The maximum Gasteiger partial charge on any atom is 0.186 e. The van der Waals surface area contributed by atoms with Crippen molar-refractivity contribution < 1.29 is 9.47 Å². The largest absolute Gasteiger partial charge is 0.495 e. The second-order valence-electron chi connectivity index (χ2n) is 6.52. The maximum absolute atomic E-state index is 5.83. The maximum atomic E-state index is 5.83. The SMILES string of the molecule is COc1c(-c2csc(N3C[C@@H](C)O[C@@H](C)C3)n2)cnc2c(Br)cccc12. The second-order valence-corrected chi connectivity index (χ2v) is 8.21. The van der Waals surface area contributed by atoms with E-state index in [-0.39, 0.29) is 12.2 Å². The fourth-order valence-corrected chi connectivity index (χ4v) is 4.75. The molecule has 1 aliphatic heterocycles. The van der Waals surface area contributed by atoms with E-state index in [1.54, 1.807) is 18.4 Å². The topological polar surface area (TPSA) is 47.5 Å². The summed E-state index contributed by atoms with van der Waals surface area (Å²) < 4.78 is 12.5. The van der Waals surface area contributed by atoms with Crippen LogP contribution in [0, 0.1) is 0 Å². The van der Waals surface area contributed by atoms with Crippen LogP contribution in [0.2, 0.25) is 0 Å². The quantitative estimate of drug-likeness (QED) is 0.596. The number of methoxy groups -OCH3 is 1. The van der Waals surface area contributed by atoms with Crippen LogP contribution >= 0.6 is 27.3 Å². The van der Waals surface area contributed by atoms with E-state index in [0.29, 0.717) is 0 Å². The minimum Gasteiger partial charge on any atom is -0.495 e. The van der Waals surface area contributed by atoms with E-state index < -0.39 is 0 Å². The van der Waals surface area contributed by atoms with Gasteiger partial charge in [-0.2, -0.15) is 0 Å². The number of anilines is 1. The smallest absolute Gasteiger partial charge is 0.186 e. The summed E-state index contributed by atoms with van der Waals surface area (Å²) in [5.74, 6) is 0.803. The summed E-state index contributed by atoms with van der Waals surface area (Å²) in [6.45, 7) is 5.92. The summed E-state index contributed by atoms with van der Waals surface area (Å²) in [6, 6.07) is 5.99. The van der Waals surface area contributed by atoms with E-state index >= 15 is 0 Å². The van der Waals surface area contributed by atoms with Crippen molar-refractivity contribution >= 4 is 43.3 Å². The predicted octanol–water partition coefficient (Wildman–Crippen LogP) is 4.74. The third-order valence-electron chi connectivity index (χ3n) is 4.46. The average molecular weight is 434 g/mol. The Bertz CT molecular complexity index is 936. The molecule has 2 atom stereocenters. The standard InChI is InChI=1S/C19H20BrN3O2S/c1-11-8-23(9-12(2)25-11)19-22-16(10-26-19)14-7-21-17-13(18(14)24-3)5-4-6-15(17)20/h4-7,10-12H,8-9H2,1-3H3/t11-,12+. The van der Waals surface area contributed by atoms with Gasteiger partial charge in [-0.25, -0.2) is 4.98 Å². The number of benzene rings is 1. The molecule has 3 aromatic rings. The van der Waals surface area contributed by atoms with Gasteiger partial charge >= 0.3 is 0 Å². The first kappa shape index (κ1) is 17.7. The second kappa shape index (κ2) is 7.13. The lowest BCUT2D eigenvalue weighted by Crippen LogP contribution is -2.45. The number of para-hydroxylation sites is 1. The molecule has 0 radical (unpaired) electrons. The van der Waals surface area contributed by atoms with Gasteiger partial charge in [-0.1, -0.05) is 6.07 Å². The Morgan fingerprint density at radius 3 is 2.77 bits per heavy atom. The van der Waals surface area contributed by atoms with Crippen LogP contribution in [0.5, 0.6) is 5.75 Å². The summed E-state index contributed by atoms with van der Waals surface area (Å²) in [7, 11) is 1.69. The highest BCUT2D eigenvalue weighted by Gasteiger charge is 2.25. The zero-order chi connectivity index (χ0) is 18.3. The molecule has 0 amide bonds. The van der Waals surface area contributed by atoms with Crippen LogP contribution in [0.15, 0.2) is 34.2 Å². The molecule has 0 spiro atoms. The number of hydrogen-bond acceptors (Lipinski definition) is 6. The van der Waals surface area contributed by atoms with Crippen molar-refractivity contribution in [2.24, 2.45) is 0 Å². The Balaban J connectivity index is 1.74. The van der Waals surface area contributed by atoms with Crippen LogP contribution < -0.4 is 9.64 Å². The predicted molar refractivity (Wildman–Crippen MR) is 109 cm³/mol. The molecule has 1 saturated heterocycles. The highest BCUT2D eigenvalue weighted by atomic mass is 79.9. The summed E-state index contributed by atoms with van der Waals surface area (Å²) >= 11 is 5.21. The van der Waals surface area contributed by atoms with E-state index in [1.807, 2.05) is 24.4 Å². The molecule has 0 aliphatic carbocycles. The van der Waals surface area contributed by atoms with E-state index in [2.05, 4.69) is 45.0 Å². The van der Waals surface area contributed by atoms with Gasteiger partial charge in [-0.15, -0.1) is 11.3 Å². The van der Waals surface area contributed by atoms with Crippen molar-refractivity contribution in [1.82, 2.24) is 9.97 Å². The number of pyridine rings is 1. The number of hydrogen-bond donors (Lipinski definition) is 0. The molecule has 1 fully saturated rings. The Hall–Kier alpha value is -1.70. The van der Waals surface area contributed by atoms with Crippen LogP contribution in [0.3, 0.4) is 0 Å². The van der Waals surface area contributed by atoms with Crippen molar-refractivity contribution in [1.29, 1.82) is 0 Å². The van der Waals surface area contributed by atoms with Gasteiger partial charge in [-0.3, -0.25) is 4.98 Å². The number of ether oxygens (including phenoxy) is 2. The van der Waals surface area contributed by atoms with Gasteiger partial charge in [0.15, 0.2) is 5.13 Å². The molecular formula is C19H20BrN3O2S. The molecule has 5 nitrogen and oxygen atoms in total. The normalized spacial score (nSPS) is 20.5. The zero-order valence-corrected chi connectivity index (χ0v) is 17.3. The molecule has 0 N–H and O–H groups in total. The number of rotatable bonds is 3. The molecule has 7 heteroatoms. The molecule has 26 heavy (non-hydrogen) atoms. The molecule has 0 unspecified atom stereocenters. The minimum atomic E-state index is 0.209. The van der Waals surface area contributed by atoms with Crippen LogP contribution in [0.1, 0.15) is 13.8 Å². The Morgan fingerprint density at radius 1 is 1.27 bits per heavy atom. The van der Waals surface area contributed by atoms with E-state index in [9.17, 15) is 0 Å². The Labute approximate surface area is 165 Å². The number of nitrogens with zero attached hydrogens (tertiary/aromatic N) is 3. The van der Waals surface area contributed by atoms with Crippen molar-refractivity contribution in [2.45, 2.75) is 26.1 Å². The van der Waals surface area contributed by atoms with Gasteiger partial charge in [0, 0.05) is 34.5 Å². The zero-order valence-electron chi connectivity index (χ0n) is 14.9. The monoisotopic (exact) mass is 433 g/mol. The lowest BCUT2D eigenvalue weighted by atomic mass is 10.1. The molecule has 1 aromatic carbocycles. The van der Waals surface area contributed by atoms with E-state index in [1.165, 1.54) is 0 Å². The first-order valence-electron chi connectivity index (χ1n) is 8.54. The van der Waals surface area contributed by atoms with Crippen molar-refractivity contribution in [3.8, 4) is 17.0 Å². The highest BCUT2D eigenvalue weighted by Crippen LogP contribution is 2.39. The van der Waals surface area contributed by atoms with Gasteiger partial charge in [0.05, 0.1) is 36.1 Å². The van der Waals surface area contributed by atoms with Gasteiger partial charge in [0.2, 0.25) is 0 Å². The van der Waals surface area contributed by atoms with E-state index in [0.717, 1.165) is 50.6 Å². The van der Waals surface area contributed by atoms with Gasteiger partial charge < -0.3 is 14.4 Å². The van der Waals surface area contributed by atoms with Crippen LogP contribution in [-0.4, -0.2) is 42.4 Å². The molecule has 3 heterocycles. The third kappa shape index (κ3) is 3.19. The van der Waals surface area contributed by atoms with Crippen molar-refractivity contribution in [3.05, 3.63) is 34.2 Å². The van der Waals surface area contributed by atoms with Gasteiger partial charge in [-0.05, 0) is 41.9 Å². The Kier molecular flexibility index (Phi) is 4.86. The molecule has 4 rings (SSSR count). The first-order chi connectivity index (χ1) is 12.6. The van der Waals surface area contributed by atoms with Crippen molar-refractivity contribution in [3.63, 3.8) is 0 Å². The van der Waals surface area contributed by atoms with Crippen LogP contribution in [-0.2, 0) is 4.74 Å². The molecule has 2 aromatic heterocycles. The number of halogens is 1. The Morgan fingerprint density at radius 2 is 2.04 bits per heavy atom. The summed E-state index contributed by atoms with van der Waals surface area (Å²) in [5, 5.41) is 4.06. The number of morpholine rings is 1. The summed E-state index contributed by atoms with van der Waals surface area (Å²) in [6.07, 6.45) is 2.26. The van der Waals surface area contributed by atoms with Gasteiger partial charge in [0.1, 0.15) is 5.75 Å². The fraction of sp³-hybridized carbons (Fsp3) is 0.368. The van der Waals surface area contributed by atoms with Crippen LogP contribution in [0.25, 0.3) is 22.2 Å². The molecule has 136 valence electrons. The minimum absolute atomic E-state index is 0.209. The third-order valence-corrected chi connectivity index (χ3v) is 6.00. The summed E-state index contributed by atoms with van der Waals surface area (Å²) in [4.78, 5) is 11.8. The average Bonchev–Trinajstić information content (AvgIpc) is 3.10. The number of fused-ring (bicyclic) bond motifs is 1. The first-order valence-corrected chi connectivity index (χ1v) is 10.2. The highest BCUT2D eigenvalue weighted by molar-refractivity contribution is 9.10. The molecule has 0 saturated carbocycles. The molecular weight excluding hydrogens is 414 g/mol. The lowest BCUT2D eigenvalue weighted by molar-refractivity contribution is -0.00522. The fourth-order valence-electron chi connectivity index (χ4n) is 3.43. The van der Waals surface area contributed by atoms with E-state index in [4.69, 9.17) is 14.5 Å². The molecule has 1 aliphatic rings. The van der Waals surface area contributed by atoms with Crippen LogP contribution in [0.4, 0.5) is 5.13 Å². The number of thiazole rings is 1.